The Morgan fingerprint density at radius 1 is 1.44 bits per heavy atom. The molecule has 0 bridgehead atoms. The fraction of sp³-hybridized carbons (Fsp3) is 0.583. The highest BCUT2D eigenvalue weighted by molar-refractivity contribution is 6.29. The number of rotatable bonds is 1. The Hall–Kier alpha value is -0.710. The first-order chi connectivity index (χ1) is 8.19. The van der Waals surface area contributed by atoms with Gasteiger partial charge in [-0.3, -0.25) is 4.79 Å². The Bertz CT molecular complexity index is 441. The summed E-state index contributed by atoms with van der Waals surface area (Å²) < 4.78 is 5.17. The fourth-order valence-electron chi connectivity index (χ4n) is 2.84. The molecule has 100 valence electrons. The smallest absolute Gasteiger partial charge is 0.289 e. The molecule has 2 fully saturated rings. The number of nitrogens with zero attached hydrogens (tertiary/aromatic N) is 1. The molecule has 2 saturated heterocycles. The van der Waals surface area contributed by atoms with Crippen molar-refractivity contribution in [3.63, 3.8) is 0 Å². The summed E-state index contributed by atoms with van der Waals surface area (Å²) in [6.45, 7) is 3.74. The first-order valence-corrected chi connectivity index (χ1v) is 6.32. The van der Waals surface area contributed by atoms with Crippen molar-refractivity contribution < 1.29 is 9.21 Å². The minimum Gasteiger partial charge on any atom is -0.440 e. The first-order valence-electron chi connectivity index (χ1n) is 5.94. The maximum Gasteiger partial charge on any atom is 0.289 e. The topological polar surface area (TPSA) is 45.5 Å². The van der Waals surface area contributed by atoms with E-state index in [1.807, 2.05) is 4.90 Å². The number of carbonyl (C=O) groups excluding carboxylic acids is 1. The van der Waals surface area contributed by atoms with E-state index >= 15 is 0 Å². The summed E-state index contributed by atoms with van der Waals surface area (Å²) in [7, 11) is 0. The first kappa shape index (κ1) is 13.7. The molecule has 0 saturated carbocycles. The maximum absolute atomic E-state index is 12.2. The van der Waals surface area contributed by atoms with Crippen LogP contribution < -0.4 is 5.32 Å². The molecule has 3 heterocycles. The number of furan rings is 1. The predicted molar refractivity (Wildman–Crippen MR) is 71.4 cm³/mol. The van der Waals surface area contributed by atoms with Crippen LogP contribution in [0.1, 0.15) is 23.4 Å². The molecule has 1 aromatic heterocycles. The van der Waals surface area contributed by atoms with Crippen molar-refractivity contribution in [1.82, 2.24) is 10.2 Å². The van der Waals surface area contributed by atoms with Gasteiger partial charge in [0.1, 0.15) is 0 Å². The number of likely N-dealkylation sites (tertiary alicyclic amines) is 1. The number of halogens is 2. The molecule has 1 unspecified atom stereocenters. The van der Waals surface area contributed by atoms with Gasteiger partial charge in [-0.15, -0.1) is 12.4 Å². The Labute approximate surface area is 117 Å². The lowest BCUT2D eigenvalue weighted by atomic mass is 9.87. The lowest BCUT2D eigenvalue weighted by molar-refractivity contribution is 0.0744. The molecule has 1 amide bonds. The predicted octanol–water partition coefficient (Wildman–Crippen LogP) is 2.18. The van der Waals surface area contributed by atoms with Crippen LogP contribution in [-0.4, -0.2) is 37.0 Å². The Balaban J connectivity index is 0.00000120. The average molecular weight is 291 g/mol. The molecule has 1 spiro atoms. The number of hydrogen-bond acceptors (Lipinski definition) is 3. The van der Waals surface area contributed by atoms with Crippen molar-refractivity contribution >= 4 is 29.9 Å². The van der Waals surface area contributed by atoms with E-state index < -0.39 is 0 Å². The van der Waals surface area contributed by atoms with Gasteiger partial charge < -0.3 is 14.6 Å². The molecule has 0 aliphatic carbocycles. The highest BCUT2D eigenvalue weighted by atomic mass is 35.5. The second-order valence-electron chi connectivity index (χ2n) is 5.01. The van der Waals surface area contributed by atoms with Crippen LogP contribution in [0.5, 0.6) is 0 Å². The lowest BCUT2D eigenvalue weighted by Gasteiger charge is -2.22. The van der Waals surface area contributed by atoms with Gasteiger partial charge in [0.15, 0.2) is 11.0 Å². The minimum absolute atomic E-state index is 0. The van der Waals surface area contributed by atoms with Gasteiger partial charge >= 0.3 is 0 Å². The zero-order valence-electron chi connectivity index (χ0n) is 9.95. The van der Waals surface area contributed by atoms with Gasteiger partial charge in [-0.05, 0) is 43.1 Å². The second kappa shape index (κ2) is 5.11. The molecule has 18 heavy (non-hydrogen) atoms. The molecular weight excluding hydrogens is 275 g/mol. The standard InChI is InChI=1S/C12H15ClN2O2.ClH/c13-10-2-1-9(17-10)11(16)15-6-4-12(8-15)3-5-14-7-12;/h1-2,14H,3-8H2;1H. The van der Waals surface area contributed by atoms with Gasteiger partial charge in [-0.1, -0.05) is 0 Å². The summed E-state index contributed by atoms with van der Waals surface area (Å²) in [4.78, 5) is 14.0. The van der Waals surface area contributed by atoms with Crippen LogP contribution in [0.4, 0.5) is 0 Å². The third kappa shape index (κ3) is 2.37. The summed E-state index contributed by atoms with van der Waals surface area (Å²) in [5.41, 5.74) is 0.298. The van der Waals surface area contributed by atoms with Crippen LogP contribution in [0, 0.1) is 5.41 Å². The summed E-state index contributed by atoms with van der Waals surface area (Å²) in [6.07, 6.45) is 2.25. The SMILES string of the molecule is Cl.O=C(c1ccc(Cl)o1)N1CCC2(CCNC2)C1. The van der Waals surface area contributed by atoms with Crippen molar-refractivity contribution in [2.45, 2.75) is 12.8 Å². The summed E-state index contributed by atoms with van der Waals surface area (Å²) >= 11 is 5.68. The summed E-state index contributed by atoms with van der Waals surface area (Å²) in [6, 6.07) is 3.25. The summed E-state index contributed by atoms with van der Waals surface area (Å²) in [5, 5.41) is 3.64. The molecular formula is C12H16Cl2N2O2. The Morgan fingerprint density at radius 2 is 2.28 bits per heavy atom. The molecule has 1 N–H and O–H groups in total. The molecule has 0 radical (unpaired) electrons. The monoisotopic (exact) mass is 290 g/mol. The van der Waals surface area contributed by atoms with E-state index in [0.717, 1.165) is 39.0 Å². The number of amides is 1. The van der Waals surface area contributed by atoms with E-state index in [1.165, 1.54) is 0 Å². The van der Waals surface area contributed by atoms with Gasteiger partial charge in [0, 0.05) is 25.0 Å². The van der Waals surface area contributed by atoms with Crippen LogP contribution in [0.3, 0.4) is 0 Å². The van der Waals surface area contributed by atoms with Crippen LogP contribution >= 0.6 is 24.0 Å². The van der Waals surface area contributed by atoms with Gasteiger partial charge in [-0.2, -0.15) is 0 Å². The van der Waals surface area contributed by atoms with E-state index in [4.69, 9.17) is 16.0 Å². The van der Waals surface area contributed by atoms with Crippen LogP contribution in [0.15, 0.2) is 16.5 Å². The van der Waals surface area contributed by atoms with E-state index in [2.05, 4.69) is 5.32 Å². The van der Waals surface area contributed by atoms with Crippen molar-refractivity contribution in [2.24, 2.45) is 5.41 Å². The van der Waals surface area contributed by atoms with Crippen LogP contribution in [0.25, 0.3) is 0 Å². The Kier molecular flexibility index (Phi) is 3.90. The second-order valence-corrected chi connectivity index (χ2v) is 5.38. The van der Waals surface area contributed by atoms with Crippen molar-refractivity contribution in [3.05, 3.63) is 23.1 Å². The van der Waals surface area contributed by atoms with Crippen LogP contribution in [-0.2, 0) is 0 Å². The molecule has 4 nitrogen and oxygen atoms in total. The van der Waals surface area contributed by atoms with Crippen molar-refractivity contribution in [3.8, 4) is 0 Å². The van der Waals surface area contributed by atoms with Crippen LogP contribution in [0.2, 0.25) is 5.22 Å². The highest BCUT2D eigenvalue weighted by Gasteiger charge is 2.42. The maximum atomic E-state index is 12.2. The molecule has 3 rings (SSSR count). The Morgan fingerprint density at radius 3 is 2.89 bits per heavy atom. The minimum atomic E-state index is -0.0410. The van der Waals surface area contributed by atoms with E-state index in [9.17, 15) is 4.79 Å². The number of hydrogen-bond donors (Lipinski definition) is 1. The van der Waals surface area contributed by atoms with E-state index in [-0.39, 0.29) is 23.5 Å². The largest absolute Gasteiger partial charge is 0.440 e. The quantitative estimate of drug-likeness (QED) is 0.862. The zero-order chi connectivity index (χ0) is 11.9. The van der Waals surface area contributed by atoms with E-state index in [0.29, 0.717) is 11.2 Å². The van der Waals surface area contributed by atoms with Gasteiger partial charge in [0.05, 0.1) is 0 Å². The highest BCUT2D eigenvalue weighted by Crippen LogP contribution is 2.36. The normalized spacial score (nSPS) is 26.6. The van der Waals surface area contributed by atoms with Crippen molar-refractivity contribution in [2.75, 3.05) is 26.2 Å². The average Bonchev–Trinajstić information content (AvgIpc) is 3.02. The fourth-order valence-corrected chi connectivity index (χ4v) is 2.98. The molecule has 1 aromatic rings. The molecule has 6 heteroatoms. The van der Waals surface area contributed by atoms with Gasteiger partial charge in [0.2, 0.25) is 0 Å². The lowest BCUT2D eigenvalue weighted by Crippen LogP contribution is -2.33. The third-order valence-electron chi connectivity index (χ3n) is 3.84. The molecule has 1 atom stereocenters. The third-order valence-corrected chi connectivity index (χ3v) is 4.04. The summed E-state index contributed by atoms with van der Waals surface area (Å²) in [5.74, 6) is 0.304. The zero-order valence-corrected chi connectivity index (χ0v) is 11.5. The number of carbonyl (C=O) groups is 1. The molecule has 2 aliphatic heterocycles. The van der Waals surface area contributed by atoms with Crippen molar-refractivity contribution in [1.29, 1.82) is 0 Å². The molecule has 2 aliphatic rings. The van der Waals surface area contributed by atoms with Gasteiger partial charge in [-0.25, -0.2) is 0 Å². The van der Waals surface area contributed by atoms with E-state index in [1.54, 1.807) is 12.1 Å². The molecule has 0 aromatic carbocycles. The van der Waals surface area contributed by atoms with Gasteiger partial charge in [0.25, 0.3) is 5.91 Å². The number of nitrogens with one attached hydrogen (secondary N) is 1.